The Labute approximate surface area is 120 Å². The van der Waals surface area contributed by atoms with Gasteiger partial charge in [-0.2, -0.15) is 0 Å². The molecule has 0 unspecified atom stereocenters. The van der Waals surface area contributed by atoms with E-state index in [4.69, 9.17) is 5.73 Å². The van der Waals surface area contributed by atoms with Gasteiger partial charge in [0.25, 0.3) is 0 Å². The van der Waals surface area contributed by atoms with Crippen LogP contribution in [0.2, 0.25) is 0 Å². The molecule has 2 aromatic carbocycles. The lowest BCUT2D eigenvalue weighted by molar-refractivity contribution is 0.630. The number of para-hydroxylation sites is 1. The van der Waals surface area contributed by atoms with Gasteiger partial charge in [0.1, 0.15) is 10.8 Å². The minimum absolute atomic E-state index is 0.244. The van der Waals surface area contributed by atoms with E-state index in [0.717, 1.165) is 16.8 Å². The van der Waals surface area contributed by atoms with Gasteiger partial charge in [0.05, 0.1) is 5.69 Å². The minimum Gasteiger partial charge on any atom is -0.398 e. The van der Waals surface area contributed by atoms with Crippen LogP contribution >= 0.6 is 11.3 Å². The molecule has 0 spiro atoms. The molecule has 0 aliphatic heterocycles. The molecule has 100 valence electrons. The molecule has 4 heteroatoms. The van der Waals surface area contributed by atoms with E-state index in [1.807, 2.05) is 42.6 Å². The highest BCUT2D eigenvalue weighted by Crippen LogP contribution is 2.32. The molecule has 0 aliphatic rings. The van der Waals surface area contributed by atoms with Gasteiger partial charge < -0.3 is 5.73 Å². The molecule has 0 radical (unpaired) electrons. The molecule has 0 amide bonds. The molecule has 0 bridgehead atoms. The zero-order valence-corrected chi connectivity index (χ0v) is 11.7. The molecule has 1 heterocycles. The minimum atomic E-state index is -0.244. The van der Waals surface area contributed by atoms with Crippen molar-refractivity contribution < 1.29 is 4.39 Å². The summed E-state index contributed by atoms with van der Waals surface area (Å²) in [6.45, 7) is 1.87. The Hall–Kier alpha value is -2.20. The lowest BCUT2D eigenvalue weighted by Crippen LogP contribution is -1.90. The van der Waals surface area contributed by atoms with E-state index in [1.165, 1.54) is 17.4 Å². The van der Waals surface area contributed by atoms with Gasteiger partial charge in [-0.05, 0) is 30.7 Å². The SMILES string of the molecule is Cc1ccc(-c2nc(-c3ccccc3N)cs2)c(F)c1. The van der Waals surface area contributed by atoms with Crippen LogP contribution in [0.4, 0.5) is 10.1 Å². The van der Waals surface area contributed by atoms with Gasteiger partial charge in [0, 0.05) is 22.2 Å². The molecule has 0 fully saturated rings. The molecular formula is C16H13FN2S. The third-order valence-corrected chi connectivity index (χ3v) is 3.97. The Kier molecular flexibility index (Phi) is 3.24. The number of benzene rings is 2. The van der Waals surface area contributed by atoms with Crippen LogP contribution in [0.15, 0.2) is 47.8 Å². The molecule has 0 aliphatic carbocycles. The molecule has 0 saturated heterocycles. The van der Waals surface area contributed by atoms with Crippen molar-refractivity contribution in [3.8, 4) is 21.8 Å². The fourth-order valence-electron chi connectivity index (χ4n) is 2.05. The van der Waals surface area contributed by atoms with E-state index in [1.54, 1.807) is 6.07 Å². The summed E-state index contributed by atoms with van der Waals surface area (Å²) < 4.78 is 14.0. The van der Waals surface area contributed by atoms with Crippen molar-refractivity contribution >= 4 is 17.0 Å². The standard InChI is InChI=1S/C16H13FN2S/c1-10-6-7-11(13(17)8-10)16-19-15(9-20-16)12-4-2-3-5-14(12)18/h2-9H,18H2,1H3. The fourth-order valence-corrected chi connectivity index (χ4v) is 2.89. The maximum atomic E-state index is 14.0. The summed E-state index contributed by atoms with van der Waals surface area (Å²) in [5.41, 5.74) is 9.70. The largest absolute Gasteiger partial charge is 0.398 e. The second-order valence-corrected chi connectivity index (χ2v) is 5.47. The first-order chi connectivity index (χ1) is 9.65. The van der Waals surface area contributed by atoms with Gasteiger partial charge in [-0.3, -0.25) is 0 Å². The lowest BCUT2D eigenvalue weighted by Gasteiger charge is -2.02. The smallest absolute Gasteiger partial charge is 0.133 e. The van der Waals surface area contributed by atoms with Crippen LogP contribution in [0.5, 0.6) is 0 Å². The van der Waals surface area contributed by atoms with Gasteiger partial charge in [0.2, 0.25) is 0 Å². The first-order valence-electron chi connectivity index (χ1n) is 6.22. The second kappa shape index (κ2) is 5.06. The van der Waals surface area contributed by atoms with Crippen molar-refractivity contribution in [3.63, 3.8) is 0 Å². The van der Waals surface area contributed by atoms with Gasteiger partial charge in [0.15, 0.2) is 0 Å². The summed E-state index contributed by atoms with van der Waals surface area (Å²) in [4.78, 5) is 4.50. The molecule has 3 rings (SSSR count). The normalized spacial score (nSPS) is 10.7. The second-order valence-electron chi connectivity index (χ2n) is 4.61. The molecule has 1 aromatic heterocycles. The monoisotopic (exact) mass is 284 g/mol. The molecule has 2 nitrogen and oxygen atoms in total. The quantitative estimate of drug-likeness (QED) is 0.703. The summed E-state index contributed by atoms with van der Waals surface area (Å²) in [6.07, 6.45) is 0. The molecule has 2 N–H and O–H groups in total. The molecule has 20 heavy (non-hydrogen) atoms. The van der Waals surface area contributed by atoms with Crippen LogP contribution in [0.25, 0.3) is 21.8 Å². The zero-order chi connectivity index (χ0) is 14.1. The number of aromatic nitrogens is 1. The zero-order valence-electron chi connectivity index (χ0n) is 10.9. The van der Waals surface area contributed by atoms with E-state index < -0.39 is 0 Å². The summed E-state index contributed by atoms with van der Waals surface area (Å²) in [5, 5.41) is 2.57. The maximum absolute atomic E-state index is 14.0. The third kappa shape index (κ3) is 2.30. The first-order valence-corrected chi connectivity index (χ1v) is 7.10. The number of halogens is 1. The lowest BCUT2D eigenvalue weighted by atomic mass is 10.1. The number of thiazole rings is 1. The summed E-state index contributed by atoms with van der Waals surface area (Å²) in [5.74, 6) is -0.244. The number of nitrogen functional groups attached to an aromatic ring is 1. The van der Waals surface area contributed by atoms with E-state index in [2.05, 4.69) is 4.98 Å². The Morgan fingerprint density at radius 2 is 1.90 bits per heavy atom. The number of nitrogens with zero attached hydrogens (tertiary/aromatic N) is 1. The number of hydrogen-bond acceptors (Lipinski definition) is 3. The number of hydrogen-bond donors (Lipinski definition) is 1. The molecule has 0 atom stereocenters. The van der Waals surface area contributed by atoms with Crippen LogP contribution in [-0.2, 0) is 0 Å². The van der Waals surface area contributed by atoms with E-state index in [9.17, 15) is 4.39 Å². The van der Waals surface area contributed by atoms with Crippen LogP contribution in [0.1, 0.15) is 5.56 Å². The van der Waals surface area contributed by atoms with Crippen molar-refractivity contribution in [3.05, 3.63) is 59.2 Å². The number of anilines is 1. The summed E-state index contributed by atoms with van der Waals surface area (Å²) in [7, 11) is 0. The van der Waals surface area contributed by atoms with Gasteiger partial charge in [-0.15, -0.1) is 11.3 Å². The molecule has 0 saturated carbocycles. The number of rotatable bonds is 2. The Balaban J connectivity index is 2.04. The van der Waals surface area contributed by atoms with Crippen molar-refractivity contribution in [2.24, 2.45) is 0 Å². The van der Waals surface area contributed by atoms with Gasteiger partial charge in [-0.25, -0.2) is 9.37 Å². The van der Waals surface area contributed by atoms with Crippen LogP contribution in [-0.4, -0.2) is 4.98 Å². The third-order valence-electron chi connectivity index (χ3n) is 3.10. The van der Waals surface area contributed by atoms with E-state index in [0.29, 0.717) is 16.3 Å². The highest BCUT2D eigenvalue weighted by atomic mass is 32.1. The van der Waals surface area contributed by atoms with Crippen LogP contribution in [0, 0.1) is 12.7 Å². The Morgan fingerprint density at radius 1 is 1.10 bits per heavy atom. The number of aryl methyl sites for hydroxylation is 1. The predicted octanol–water partition coefficient (Wildman–Crippen LogP) is 4.51. The van der Waals surface area contributed by atoms with Crippen molar-refractivity contribution in [1.82, 2.24) is 4.98 Å². The molecule has 3 aromatic rings. The van der Waals surface area contributed by atoms with E-state index in [-0.39, 0.29) is 5.82 Å². The maximum Gasteiger partial charge on any atom is 0.133 e. The van der Waals surface area contributed by atoms with Crippen molar-refractivity contribution in [1.29, 1.82) is 0 Å². The summed E-state index contributed by atoms with van der Waals surface area (Å²) >= 11 is 1.42. The van der Waals surface area contributed by atoms with Crippen LogP contribution < -0.4 is 5.73 Å². The Bertz CT molecular complexity index is 765. The topological polar surface area (TPSA) is 38.9 Å². The summed E-state index contributed by atoms with van der Waals surface area (Å²) in [6, 6.07) is 12.7. The van der Waals surface area contributed by atoms with Gasteiger partial charge in [-0.1, -0.05) is 24.3 Å². The van der Waals surface area contributed by atoms with Crippen molar-refractivity contribution in [2.75, 3.05) is 5.73 Å². The average Bonchev–Trinajstić information content (AvgIpc) is 2.88. The van der Waals surface area contributed by atoms with E-state index >= 15 is 0 Å². The Morgan fingerprint density at radius 3 is 2.65 bits per heavy atom. The van der Waals surface area contributed by atoms with Crippen molar-refractivity contribution in [2.45, 2.75) is 6.92 Å². The average molecular weight is 284 g/mol. The first kappa shape index (κ1) is 12.8. The highest BCUT2D eigenvalue weighted by Gasteiger charge is 2.12. The van der Waals surface area contributed by atoms with Crippen LogP contribution in [0.3, 0.4) is 0 Å². The predicted molar refractivity (Wildman–Crippen MR) is 82.1 cm³/mol. The number of nitrogens with two attached hydrogens (primary N) is 1. The van der Waals surface area contributed by atoms with Gasteiger partial charge >= 0.3 is 0 Å². The molecular weight excluding hydrogens is 271 g/mol. The fraction of sp³-hybridized carbons (Fsp3) is 0.0625. The highest BCUT2D eigenvalue weighted by molar-refractivity contribution is 7.13.